The summed E-state index contributed by atoms with van der Waals surface area (Å²) in [5.41, 5.74) is 2.09. The molecule has 0 spiro atoms. The van der Waals surface area contributed by atoms with E-state index in [4.69, 9.17) is 16.3 Å². The summed E-state index contributed by atoms with van der Waals surface area (Å²) in [6, 6.07) is 5.61. The highest BCUT2D eigenvalue weighted by molar-refractivity contribution is 7.18. The largest absolute Gasteiger partial charge is 0.495 e. The van der Waals surface area contributed by atoms with Gasteiger partial charge in [-0.25, -0.2) is 9.97 Å². The van der Waals surface area contributed by atoms with Gasteiger partial charge in [-0.1, -0.05) is 18.5 Å². The lowest BCUT2D eigenvalue weighted by molar-refractivity contribution is 0.415. The van der Waals surface area contributed by atoms with Crippen LogP contribution in [0.1, 0.15) is 23.2 Å². The lowest BCUT2D eigenvalue weighted by Crippen LogP contribution is -2.00. The van der Waals surface area contributed by atoms with Crippen molar-refractivity contribution in [2.45, 2.75) is 27.2 Å². The van der Waals surface area contributed by atoms with Gasteiger partial charge in [0.2, 0.25) is 0 Å². The molecule has 23 heavy (non-hydrogen) atoms. The summed E-state index contributed by atoms with van der Waals surface area (Å²) in [4.78, 5) is 11.6. The second-order valence-electron chi connectivity index (χ2n) is 5.28. The third kappa shape index (κ3) is 2.99. The lowest BCUT2D eigenvalue weighted by atomic mass is 10.2. The monoisotopic (exact) mass is 347 g/mol. The van der Waals surface area contributed by atoms with E-state index in [0.29, 0.717) is 10.8 Å². The standard InChI is InChI=1S/C17H18ClN3OS/c1-5-14-20-16(15-9(2)10(3)23-17(15)21-14)19-11-6-7-13(22-4)12(18)8-11/h6-8H,5H2,1-4H3,(H,19,20,21). The van der Waals surface area contributed by atoms with Gasteiger partial charge < -0.3 is 10.1 Å². The first-order valence-corrected chi connectivity index (χ1v) is 8.60. The Hall–Kier alpha value is -1.85. The summed E-state index contributed by atoms with van der Waals surface area (Å²) in [7, 11) is 1.60. The molecule has 6 heteroatoms. The van der Waals surface area contributed by atoms with Gasteiger partial charge in [0.15, 0.2) is 0 Å². The van der Waals surface area contributed by atoms with E-state index < -0.39 is 0 Å². The molecule has 2 heterocycles. The topological polar surface area (TPSA) is 47.0 Å². The first-order chi connectivity index (χ1) is 11.0. The third-order valence-electron chi connectivity index (χ3n) is 3.81. The van der Waals surface area contributed by atoms with Crippen LogP contribution in [-0.2, 0) is 6.42 Å². The normalized spacial score (nSPS) is 11.0. The maximum atomic E-state index is 6.21. The zero-order chi connectivity index (χ0) is 16.6. The van der Waals surface area contributed by atoms with Crippen molar-refractivity contribution in [1.29, 1.82) is 0 Å². The molecule has 120 valence electrons. The Morgan fingerprint density at radius 1 is 1.26 bits per heavy atom. The van der Waals surface area contributed by atoms with Crippen molar-refractivity contribution >= 4 is 44.7 Å². The lowest BCUT2D eigenvalue weighted by Gasteiger charge is -2.11. The summed E-state index contributed by atoms with van der Waals surface area (Å²) in [6.07, 6.45) is 0.796. The maximum Gasteiger partial charge on any atom is 0.143 e. The Morgan fingerprint density at radius 2 is 2.04 bits per heavy atom. The second kappa shape index (κ2) is 6.34. The van der Waals surface area contributed by atoms with Crippen LogP contribution in [0.5, 0.6) is 5.75 Å². The van der Waals surface area contributed by atoms with Crippen LogP contribution in [0.2, 0.25) is 5.02 Å². The zero-order valence-corrected chi connectivity index (χ0v) is 15.1. The summed E-state index contributed by atoms with van der Waals surface area (Å²) in [5, 5.41) is 5.03. The molecule has 0 aliphatic heterocycles. The Balaban J connectivity index is 2.09. The van der Waals surface area contributed by atoms with Gasteiger partial charge in [-0.15, -0.1) is 11.3 Å². The van der Waals surface area contributed by atoms with E-state index >= 15 is 0 Å². The Bertz CT molecular complexity index is 876. The average Bonchev–Trinajstić information content (AvgIpc) is 2.82. The Labute approximate surface area is 144 Å². The highest BCUT2D eigenvalue weighted by Crippen LogP contribution is 2.35. The summed E-state index contributed by atoms with van der Waals surface area (Å²) in [6.45, 7) is 6.28. The summed E-state index contributed by atoms with van der Waals surface area (Å²) >= 11 is 7.92. The van der Waals surface area contributed by atoms with Crippen molar-refractivity contribution in [3.05, 3.63) is 39.5 Å². The van der Waals surface area contributed by atoms with Gasteiger partial charge in [0.25, 0.3) is 0 Å². The molecule has 0 fully saturated rings. The number of aryl methyl sites for hydroxylation is 3. The smallest absolute Gasteiger partial charge is 0.143 e. The predicted octanol–water partition coefficient (Wildman–Crippen LogP) is 5.28. The number of ether oxygens (including phenoxy) is 1. The Kier molecular flexibility index (Phi) is 4.41. The van der Waals surface area contributed by atoms with Crippen LogP contribution in [0.15, 0.2) is 18.2 Å². The van der Waals surface area contributed by atoms with Crippen LogP contribution in [0.3, 0.4) is 0 Å². The first-order valence-electron chi connectivity index (χ1n) is 7.40. The Morgan fingerprint density at radius 3 is 2.70 bits per heavy atom. The molecule has 4 nitrogen and oxygen atoms in total. The van der Waals surface area contributed by atoms with E-state index in [9.17, 15) is 0 Å². The second-order valence-corrected chi connectivity index (χ2v) is 6.89. The van der Waals surface area contributed by atoms with Gasteiger partial charge in [0, 0.05) is 17.0 Å². The molecular weight excluding hydrogens is 330 g/mol. The van der Waals surface area contributed by atoms with Crippen molar-refractivity contribution in [2.24, 2.45) is 0 Å². The number of nitrogens with zero attached hydrogens (tertiary/aromatic N) is 2. The number of hydrogen-bond donors (Lipinski definition) is 1. The molecule has 1 aromatic carbocycles. The van der Waals surface area contributed by atoms with E-state index in [0.717, 1.165) is 34.0 Å². The van der Waals surface area contributed by atoms with Crippen LogP contribution >= 0.6 is 22.9 Å². The number of benzene rings is 1. The van der Waals surface area contributed by atoms with Crippen molar-refractivity contribution in [3.63, 3.8) is 0 Å². The quantitative estimate of drug-likeness (QED) is 0.697. The van der Waals surface area contributed by atoms with Crippen LogP contribution in [0.4, 0.5) is 11.5 Å². The minimum absolute atomic E-state index is 0.566. The summed E-state index contributed by atoms with van der Waals surface area (Å²) < 4.78 is 5.20. The number of halogens is 1. The zero-order valence-electron chi connectivity index (χ0n) is 13.5. The van der Waals surface area contributed by atoms with Crippen LogP contribution in [0, 0.1) is 13.8 Å². The minimum Gasteiger partial charge on any atom is -0.495 e. The van der Waals surface area contributed by atoms with Gasteiger partial charge >= 0.3 is 0 Å². The molecule has 0 amide bonds. The number of hydrogen-bond acceptors (Lipinski definition) is 5. The van der Waals surface area contributed by atoms with E-state index in [1.165, 1.54) is 10.4 Å². The molecule has 0 aliphatic carbocycles. The molecule has 0 radical (unpaired) electrons. The van der Waals surface area contributed by atoms with E-state index in [2.05, 4.69) is 36.1 Å². The van der Waals surface area contributed by atoms with Crippen molar-refractivity contribution < 1.29 is 4.74 Å². The van der Waals surface area contributed by atoms with Gasteiger partial charge in [-0.05, 0) is 37.6 Å². The van der Waals surface area contributed by atoms with Crippen LogP contribution in [-0.4, -0.2) is 17.1 Å². The molecule has 0 saturated heterocycles. The molecule has 0 unspecified atom stereocenters. The van der Waals surface area contributed by atoms with Gasteiger partial charge in [-0.2, -0.15) is 0 Å². The number of thiophene rings is 1. The molecule has 3 rings (SSSR count). The molecule has 2 aromatic heterocycles. The molecule has 0 bridgehead atoms. The minimum atomic E-state index is 0.566. The van der Waals surface area contributed by atoms with Gasteiger partial charge in [0.05, 0.1) is 17.5 Å². The molecule has 0 aliphatic rings. The van der Waals surface area contributed by atoms with E-state index in [1.54, 1.807) is 18.4 Å². The van der Waals surface area contributed by atoms with Gasteiger partial charge in [0.1, 0.15) is 22.2 Å². The van der Waals surface area contributed by atoms with Gasteiger partial charge in [-0.3, -0.25) is 0 Å². The average molecular weight is 348 g/mol. The number of rotatable bonds is 4. The molecular formula is C17H18ClN3OS. The van der Waals surface area contributed by atoms with Crippen LogP contribution in [0.25, 0.3) is 10.2 Å². The fraction of sp³-hybridized carbons (Fsp3) is 0.294. The first kappa shape index (κ1) is 16.0. The number of methoxy groups -OCH3 is 1. The highest BCUT2D eigenvalue weighted by atomic mass is 35.5. The number of nitrogens with one attached hydrogen (secondary N) is 1. The maximum absolute atomic E-state index is 6.21. The van der Waals surface area contributed by atoms with Crippen molar-refractivity contribution in [2.75, 3.05) is 12.4 Å². The number of aromatic nitrogens is 2. The fourth-order valence-corrected chi connectivity index (χ4v) is 3.73. The molecule has 3 aromatic rings. The predicted molar refractivity (Wildman–Crippen MR) is 97.6 cm³/mol. The van der Waals surface area contributed by atoms with Crippen molar-refractivity contribution in [1.82, 2.24) is 9.97 Å². The third-order valence-corrected chi connectivity index (χ3v) is 5.20. The highest BCUT2D eigenvalue weighted by Gasteiger charge is 2.14. The fourth-order valence-electron chi connectivity index (χ4n) is 2.42. The molecule has 0 atom stereocenters. The number of fused-ring (bicyclic) bond motifs is 1. The van der Waals surface area contributed by atoms with Crippen molar-refractivity contribution in [3.8, 4) is 5.75 Å². The summed E-state index contributed by atoms with van der Waals surface area (Å²) in [5.74, 6) is 2.32. The van der Waals surface area contributed by atoms with Crippen LogP contribution < -0.4 is 10.1 Å². The van der Waals surface area contributed by atoms with E-state index in [1.807, 2.05) is 18.2 Å². The number of anilines is 2. The van der Waals surface area contributed by atoms with E-state index in [-0.39, 0.29) is 0 Å². The molecule has 1 N–H and O–H groups in total. The SMILES string of the molecule is CCc1nc(Nc2ccc(OC)c(Cl)c2)c2c(C)c(C)sc2n1. The molecule has 0 saturated carbocycles.